The molecule has 6 heteroatoms. The highest BCUT2D eigenvalue weighted by molar-refractivity contribution is 9.10. The number of hydrogen-bond donors (Lipinski definition) is 0. The predicted molar refractivity (Wildman–Crippen MR) is 92.6 cm³/mol. The molecule has 0 unspecified atom stereocenters. The van der Waals surface area contributed by atoms with E-state index in [4.69, 9.17) is 9.15 Å². The van der Waals surface area contributed by atoms with E-state index in [1.165, 1.54) is 0 Å². The zero-order chi connectivity index (χ0) is 16.4. The first kappa shape index (κ1) is 15.8. The summed E-state index contributed by atoms with van der Waals surface area (Å²) in [6.07, 6.45) is 0. The van der Waals surface area contributed by atoms with E-state index in [0.29, 0.717) is 18.8 Å². The molecule has 0 bridgehead atoms. The molecule has 0 aliphatic carbocycles. The van der Waals surface area contributed by atoms with E-state index in [2.05, 4.69) is 15.9 Å². The summed E-state index contributed by atoms with van der Waals surface area (Å²) in [5, 5.41) is 0. The fourth-order valence-corrected chi connectivity index (χ4v) is 3.01. The Labute approximate surface area is 142 Å². The minimum atomic E-state index is -0.348. The number of halogens is 1. The Morgan fingerprint density at radius 3 is 2.83 bits per heavy atom. The van der Waals surface area contributed by atoms with E-state index in [9.17, 15) is 4.79 Å². The third-order valence-electron chi connectivity index (χ3n) is 3.64. The van der Waals surface area contributed by atoms with Gasteiger partial charge in [-0.2, -0.15) is 0 Å². The Bertz CT molecular complexity index is 885. The van der Waals surface area contributed by atoms with Gasteiger partial charge in [0, 0.05) is 16.6 Å². The van der Waals surface area contributed by atoms with Crippen molar-refractivity contribution in [1.82, 2.24) is 9.47 Å². The lowest BCUT2D eigenvalue weighted by Crippen LogP contribution is -2.27. The van der Waals surface area contributed by atoms with Crippen molar-refractivity contribution >= 4 is 27.0 Å². The highest BCUT2D eigenvalue weighted by Gasteiger charge is 2.12. The molecular formula is C17H17BrN2O3. The first-order valence-electron chi connectivity index (χ1n) is 7.18. The van der Waals surface area contributed by atoms with E-state index in [1.807, 2.05) is 48.3 Å². The van der Waals surface area contributed by atoms with Gasteiger partial charge in [0.1, 0.15) is 5.75 Å². The first-order chi connectivity index (χ1) is 11.1. The molecule has 0 spiro atoms. The molecule has 0 radical (unpaired) electrons. The Morgan fingerprint density at radius 1 is 1.26 bits per heavy atom. The lowest BCUT2D eigenvalue weighted by atomic mass is 10.2. The third-order valence-corrected chi connectivity index (χ3v) is 4.13. The van der Waals surface area contributed by atoms with Crippen LogP contribution in [0.25, 0.3) is 11.1 Å². The normalized spacial score (nSPS) is 11.3. The average molecular weight is 377 g/mol. The van der Waals surface area contributed by atoms with E-state index < -0.39 is 0 Å². The highest BCUT2D eigenvalue weighted by atomic mass is 79.9. The molecule has 0 fully saturated rings. The summed E-state index contributed by atoms with van der Waals surface area (Å²) in [7, 11) is 3.61. The first-order valence-corrected chi connectivity index (χ1v) is 7.97. The molecular weight excluding hydrogens is 360 g/mol. The van der Waals surface area contributed by atoms with Gasteiger partial charge in [-0.1, -0.05) is 28.1 Å². The summed E-state index contributed by atoms with van der Waals surface area (Å²) >= 11 is 3.48. The third kappa shape index (κ3) is 3.33. The summed E-state index contributed by atoms with van der Waals surface area (Å²) in [6.45, 7) is 1.08. The van der Waals surface area contributed by atoms with Crippen molar-refractivity contribution in [2.75, 3.05) is 14.2 Å². The smallest absolute Gasteiger partial charge is 0.421 e. The number of para-hydroxylation sites is 2. The number of aromatic nitrogens is 1. The molecule has 5 nitrogen and oxygen atoms in total. The van der Waals surface area contributed by atoms with Crippen molar-refractivity contribution in [1.29, 1.82) is 0 Å². The second kappa shape index (κ2) is 6.60. The minimum absolute atomic E-state index is 0.348. The lowest BCUT2D eigenvalue weighted by molar-refractivity contribution is 0.249. The van der Waals surface area contributed by atoms with Gasteiger partial charge in [0.15, 0.2) is 5.58 Å². The quantitative estimate of drug-likeness (QED) is 0.683. The average Bonchev–Trinajstić information content (AvgIpc) is 2.83. The van der Waals surface area contributed by atoms with Crippen LogP contribution in [0.15, 0.2) is 56.1 Å². The Balaban J connectivity index is 1.84. The number of ether oxygens (including phenoxy) is 1. The molecule has 3 rings (SSSR count). The van der Waals surface area contributed by atoms with Crippen molar-refractivity contribution in [3.05, 3.63) is 63.1 Å². The second-order valence-corrected chi connectivity index (χ2v) is 6.29. The molecule has 0 saturated heterocycles. The van der Waals surface area contributed by atoms with Crippen molar-refractivity contribution in [3.63, 3.8) is 0 Å². The summed E-state index contributed by atoms with van der Waals surface area (Å²) in [4.78, 5) is 14.1. The molecule has 0 amide bonds. The lowest BCUT2D eigenvalue weighted by Gasteiger charge is -2.18. The van der Waals surface area contributed by atoms with Crippen LogP contribution in [0.4, 0.5) is 0 Å². The van der Waals surface area contributed by atoms with Crippen LogP contribution in [0, 0.1) is 0 Å². The van der Waals surface area contributed by atoms with Crippen LogP contribution in [0.5, 0.6) is 5.75 Å². The Morgan fingerprint density at radius 2 is 2.04 bits per heavy atom. The van der Waals surface area contributed by atoms with Crippen LogP contribution in [0.3, 0.4) is 0 Å². The van der Waals surface area contributed by atoms with Crippen molar-refractivity contribution in [2.45, 2.75) is 13.2 Å². The van der Waals surface area contributed by atoms with Crippen LogP contribution in [-0.4, -0.2) is 23.6 Å². The number of oxazole rings is 1. The second-order valence-electron chi connectivity index (χ2n) is 5.38. The predicted octanol–water partition coefficient (Wildman–Crippen LogP) is 3.46. The maximum absolute atomic E-state index is 12.0. The van der Waals surface area contributed by atoms with E-state index in [1.54, 1.807) is 17.7 Å². The van der Waals surface area contributed by atoms with Crippen LogP contribution >= 0.6 is 15.9 Å². The van der Waals surface area contributed by atoms with Crippen molar-refractivity contribution in [2.24, 2.45) is 0 Å². The van der Waals surface area contributed by atoms with Gasteiger partial charge >= 0.3 is 5.76 Å². The molecule has 1 heterocycles. The topological polar surface area (TPSA) is 47.6 Å². The fourth-order valence-electron chi connectivity index (χ4n) is 2.60. The zero-order valence-electron chi connectivity index (χ0n) is 13.0. The van der Waals surface area contributed by atoms with Gasteiger partial charge in [-0.15, -0.1) is 0 Å². The zero-order valence-corrected chi connectivity index (χ0v) is 14.5. The largest absolute Gasteiger partial charge is 0.496 e. The van der Waals surface area contributed by atoms with Crippen LogP contribution in [0.1, 0.15) is 5.56 Å². The molecule has 0 aliphatic heterocycles. The molecule has 23 heavy (non-hydrogen) atoms. The van der Waals surface area contributed by atoms with Gasteiger partial charge in [-0.05, 0) is 37.4 Å². The molecule has 0 aliphatic rings. The van der Waals surface area contributed by atoms with Gasteiger partial charge < -0.3 is 9.15 Å². The monoisotopic (exact) mass is 376 g/mol. The van der Waals surface area contributed by atoms with Gasteiger partial charge in [-0.25, -0.2) is 4.79 Å². The molecule has 0 N–H and O–H groups in total. The highest BCUT2D eigenvalue weighted by Crippen LogP contribution is 2.24. The van der Waals surface area contributed by atoms with Crippen LogP contribution in [-0.2, 0) is 13.2 Å². The Kier molecular flexibility index (Phi) is 4.54. The summed E-state index contributed by atoms with van der Waals surface area (Å²) in [5.41, 5.74) is 2.45. The molecule has 1 aromatic heterocycles. The number of rotatable bonds is 5. The van der Waals surface area contributed by atoms with Crippen LogP contribution < -0.4 is 10.5 Å². The molecule has 120 valence electrons. The molecule has 3 aromatic rings. The maximum atomic E-state index is 12.0. The fraction of sp³-hybridized carbons (Fsp3) is 0.235. The minimum Gasteiger partial charge on any atom is -0.496 e. The number of methoxy groups -OCH3 is 1. The van der Waals surface area contributed by atoms with Crippen LogP contribution in [0.2, 0.25) is 0 Å². The van der Waals surface area contributed by atoms with Crippen molar-refractivity contribution in [3.8, 4) is 5.75 Å². The molecule has 0 atom stereocenters. The number of benzene rings is 2. The van der Waals surface area contributed by atoms with Gasteiger partial charge in [0.2, 0.25) is 0 Å². The Hall–Kier alpha value is -2.05. The van der Waals surface area contributed by atoms with Gasteiger partial charge in [0.05, 0.1) is 19.3 Å². The molecule has 2 aromatic carbocycles. The SMILES string of the molecule is COc1ccc(Br)cc1CN(C)Cn1c(=O)oc2ccccc21. The van der Waals surface area contributed by atoms with Gasteiger partial charge in [-0.3, -0.25) is 9.47 Å². The summed E-state index contributed by atoms with van der Waals surface area (Å²) in [6, 6.07) is 13.3. The van der Waals surface area contributed by atoms with E-state index >= 15 is 0 Å². The maximum Gasteiger partial charge on any atom is 0.421 e. The van der Waals surface area contributed by atoms with E-state index in [0.717, 1.165) is 21.3 Å². The summed E-state index contributed by atoms with van der Waals surface area (Å²) < 4.78 is 13.3. The molecule has 0 saturated carbocycles. The number of hydrogen-bond acceptors (Lipinski definition) is 4. The summed E-state index contributed by atoms with van der Waals surface area (Å²) in [5.74, 6) is 0.476. The van der Waals surface area contributed by atoms with E-state index in [-0.39, 0.29) is 5.76 Å². The number of fused-ring (bicyclic) bond motifs is 1. The van der Waals surface area contributed by atoms with Crippen molar-refractivity contribution < 1.29 is 9.15 Å². The standard InChI is InChI=1S/C17H17BrN2O3/c1-19(10-12-9-13(18)7-8-15(12)22-2)11-20-14-5-3-4-6-16(14)23-17(20)21/h3-9H,10-11H2,1-2H3. The van der Waals surface area contributed by atoms with Gasteiger partial charge in [0.25, 0.3) is 0 Å². The number of nitrogens with zero attached hydrogens (tertiary/aromatic N) is 2.